The predicted molar refractivity (Wildman–Crippen MR) is 120 cm³/mol. The van der Waals surface area contributed by atoms with Crippen LogP contribution in [0.4, 0.5) is 5.69 Å². The number of likely N-dealkylation sites (tertiary alicyclic amines) is 1. The lowest BCUT2D eigenvalue weighted by Crippen LogP contribution is -2.43. The van der Waals surface area contributed by atoms with Gasteiger partial charge in [-0.1, -0.05) is 48.0 Å². The van der Waals surface area contributed by atoms with E-state index in [2.05, 4.69) is 11.9 Å². The molecule has 2 aliphatic heterocycles. The molecule has 2 aliphatic rings. The second kappa shape index (κ2) is 8.25. The molecule has 0 aliphatic carbocycles. The van der Waals surface area contributed by atoms with Crippen LogP contribution in [0.25, 0.3) is 5.57 Å². The lowest BCUT2D eigenvalue weighted by Gasteiger charge is -2.36. The maximum absolute atomic E-state index is 13.7. The molecule has 0 spiro atoms. The van der Waals surface area contributed by atoms with E-state index in [1.54, 1.807) is 18.2 Å². The first-order valence-electron chi connectivity index (χ1n) is 10.2. The molecule has 0 unspecified atom stereocenters. The van der Waals surface area contributed by atoms with E-state index in [0.717, 1.165) is 37.1 Å². The predicted octanol–water partition coefficient (Wildman–Crippen LogP) is 3.96. The minimum Gasteiger partial charge on any atom is -0.366 e. The number of amides is 2. The van der Waals surface area contributed by atoms with Gasteiger partial charge in [0, 0.05) is 18.1 Å². The molecule has 2 aromatic carbocycles. The first-order chi connectivity index (χ1) is 14.4. The fourth-order valence-corrected chi connectivity index (χ4v) is 4.50. The summed E-state index contributed by atoms with van der Waals surface area (Å²) in [6.07, 6.45) is 1.91. The topological polar surface area (TPSA) is 43.9 Å². The Labute approximate surface area is 182 Å². The van der Waals surface area contributed by atoms with Gasteiger partial charge in [0.2, 0.25) is 0 Å². The molecule has 0 N–H and O–H groups in total. The molecule has 0 aromatic heterocycles. The number of carbonyl (C=O) groups excluding carboxylic acids is 2. The van der Waals surface area contributed by atoms with Gasteiger partial charge < -0.3 is 9.80 Å². The van der Waals surface area contributed by atoms with Gasteiger partial charge in [0.1, 0.15) is 5.70 Å². The van der Waals surface area contributed by atoms with E-state index >= 15 is 0 Å². The number of hydrogen-bond donors (Lipinski definition) is 0. The number of benzene rings is 2. The average molecular weight is 424 g/mol. The summed E-state index contributed by atoms with van der Waals surface area (Å²) in [5.74, 6) is -0.586. The Balaban J connectivity index is 1.80. The van der Waals surface area contributed by atoms with Crippen LogP contribution in [0.2, 0.25) is 5.02 Å². The minimum absolute atomic E-state index is 0.215. The van der Waals surface area contributed by atoms with Gasteiger partial charge in [-0.25, -0.2) is 4.90 Å². The van der Waals surface area contributed by atoms with E-state index in [1.165, 1.54) is 4.90 Å². The van der Waals surface area contributed by atoms with Crippen LogP contribution >= 0.6 is 11.6 Å². The van der Waals surface area contributed by atoms with Gasteiger partial charge in [0.05, 0.1) is 11.3 Å². The summed E-state index contributed by atoms with van der Waals surface area (Å²) in [7, 11) is 4.05. The van der Waals surface area contributed by atoms with Gasteiger partial charge >= 0.3 is 0 Å². The third-order valence-corrected chi connectivity index (χ3v) is 6.60. The van der Waals surface area contributed by atoms with Crippen LogP contribution in [0.5, 0.6) is 0 Å². The van der Waals surface area contributed by atoms with Crippen molar-refractivity contribution in [2.24, 2.45) is 0 Å². The van der Waals surface area contributed by atoms with Crippen LogP contribution in [0.3, 0.4) is 0 Å². The smallest absolute Gasteiger partial charge is 0.282 e. The van der Waals surface area contributed by atoms with Gasteiger partial charge in [-0.15, -0.1) is 0 Å². The van der Waals surface area contributed by atoms with Crippen molar-refractivity contribution < 1.29 is 9.59 Å². The number of imide groups is 1. The molecule has 0 radical (unpaired) electrons. The molecule has 5 nitrogen and oxygen atoms in total. The largest absolute Gasteiger partial charge is 0.366 e. The first-order valence-corrected chi connectivity index (χ1v) is 10.6. The number of nitrogens with zero attached hydrogens (tertiary/aromatic N) is 3. The van der Waals surface area contributed by atoms with Crippen molar-refractivity contribution in [1.82, 2.24) is 9.80 Å². The van der Waals surface area contributed by atoms with Gasteiger partial charge in [-0.05, 0) is 63.2 Å². The maximum atomic E-state index is 13.7. The lowest BCUT2D eigenvalue weighted by molar-refractivity contribution is -0.120. The number of likely N-dealkylation sites (N-methyl/N-ethyl adjacent to an activating group) is 1. The molecule has 0 bridgehead atoms. The SMILES string of the molecule is Cc1c(Cl)cccc1N1C(=O)C(c2ccccc2)=C(N(C)C2CCN(C)CC2)C1=O. The maximum Gasteiger partial charge on any atom is 0.282 e. The molecule has 4 rings (SSSR count). The zero-order chi connectivity index (χ0) is 21.4. The van der Waals surface area contributed by atoms with Crippen molar-refractivity contribution in [2.75, 3.05) is 32.1 Å². The Morgan fingerprint density at radius 1 is 0.967 bits per heavy atom. The highest BCUT2D eigenvalue weighted by atomic mass is 35.5. The van der Waals surface area contributed by atoms with Crippen LogP contribution in [0, 0.1) is 6.92 Å². The molecular formula is C24H26ClN3O2. The zero-order valence-electron chi connectivity index (χ0n) is 17.6. The number of halogens is 1. The Morgan fingerprint density at radius 3 is 2.30 bits per heavy atom. The molecule has 2 amide bonds. The van der Waals surface area contributed by atoms with Crippen LogP contribution in [0.15, 0.2) is 54.2 Å². The van der Waals surface area contributed by atoms with Crippen LogP contribution in [-0.2, 0) is 9.59 Å². The molecule has 2 heterocycles. The van der Waals surface area contributed by atoms with Gasteiger partial charge in [-0.3, -0.25) is 9.59 Å². The Bertz CT molecular complexity index is 1010. The lowest BCUT2D eigenvalue weighted by atomic mass is 10.0. The number of rotatable bonds is 4. The third-order valence-electron chi connectivity index (χ3n) is 6.19. The number of anilines is 1. The standard InChI is InChI=1S/C24H26ClN3O2/c1-16-19(25)10-7-11-20(16)28-23(29)21(17-8-5-4-6-9-17)22(24(28)30)27(3)18-12-14-26(2)15-13-18/h4-11,18H,12-15H2,1-3H3. The number of carbonyl (C=O) groups is 2. The van der Waals surface area contributed by atoms with Crippen LogP contribution in [-0.4, -0.2) is 54.8 Å². The average Bonchev–Trinajstić information content (AvgIpc) is 3.01. The summed E-state index contributed by atoms with van der Waals surface area (Å²) in [6, 6.07) is 15.0. The fourth-order valence-electron chi connectivity index (χ4n) is 4.33. The number of hydrogen-bond acceptors (Lipinski definition) is 4. The minimum atomic E-state index is -0.300. The zero-order valence-corrected chi connectivity index (χ0v) is 18.3. The van der Waals surface area contributed by atoms with Crippen molar-refractivity contribution in [2.45, 2.75) is 25.8 Å². The quantitative estimate of drug-likeness (QED) is 0.698. The van der Waals surface area contributed by atoms with Crippen LogP contribution in [0.1, 0.15) is 24.0 Å². The van der Waals surface area contributed by atoms with E-state index in [-0.39, 0.29) is 17.9 Å². The van der Waals surface area contributed by atoms with Crippen molar-refractivity contribution in [3.63, 3.8) is 0 Å². The monoisotopic (exact) mass is 423 g/mol. The fraction of sp³-hybridized carbons (Fsp3) is 0.333. The van der Waals surface area contributed by atoms with Crippen molar-refractivity contribution in [1.29, 1.82) is 0 Å². The Kier molecular flexibility index (Phi) is 5.67. The van der Waals surface area contributed by atoms with Crippen molar-refractivity contribution in [3.8, 4) is 0 Å². The first kappa shape index (κ1) is 20.6. The summed E-state index contributed by atoms with van der Waals surface area (Å²) >= 11 is 6.30. The Hall–Kier alpha value is -2.63. The molecule has 2 aromatic rings. The normalized spacial score (nSPS) is 18.5. The summed E-state index contributed by atoms with van der Waals surface area (Å²) in [4.78, 5) is 32.9. The second-order valence-corrected chi connectivity index (χ2v) is 8.47. The molecule has 0 saturated carbocycles. The van der Waals surface area contributed by atoms with Gasteiger partial charge in [0.25, 0.3) is 11.8 Å². The van der Waals surface area contributed by atoms with E-state index < -0.39 is 0 Å². The summed E-state index contributed by atoms with van der Waals surface area (Å²) in [5.41, 5.74) is 2.95. The molecule has 1 fully saturated rings. The number of piperidine rings is 1. The van der Waals surface area contributed by atoms with Crippen molar-refractivity contribution in [3.05, 3.63) is 70.4 Å². The molecule has 6 heteroatoms. The summed E-state index contributed by atoms with van der Waals surface area (Å²) in [5, 5.41) is 0.534. The van der Waals surface area contributed by atoms with E-state index in [1.807, 2.05) is 49.2 Å². The van der Waals surface area contributed by atoms with Crippen LogP contribution < -0.4 is 4.90 Å². The highest BCUT2D eigenvalue weighted by Crippen LogP contribution is 2.38. The molecule has 156 valence electrons. The molecule has 1 saturated heterocycles. The summed E-state index contributed by atoms with van der Waals surface area (Å²) < 4.78 is 0. The van der Waals surface area contributed by atoms with E-state index in [0.29, 0.717) is 22.0 Å². The highest BCUT2D eigenvalue weighted by Gasteiger charge is 2.43. The summed E-state index contributed by atoms with van der Waals surface area (Å²) in [6.45, 7) is 3.78. The Morgan fingerprint density at radius 2 is 1.63 bits per heavy atom. The molecule has 30 heavy (non-hydrogen) atoms. The third kappa shape index (κ3) is 3.53. The molecule has 0 atom stereocenters. The van der Waals surface area contributed by atoms with Gasteiger partial charge in [-0.2, -0.15) is 0 Å². The highest BCUT2D eigenvalue weighted by molar-refractivity contribution is 6.46. The van der Waals surface area contributed by atoms with E-state index in [4.69, 9.17) is 11.6 Å². The van der Waals surface area contributed by atoms with Crippen molar-refractivity contribution >= 4 is 34.7 Å². The second-order valence-electron chi connectivity index (χ2n) is 8.06. The molecular weight excluding hydrogens is 398 g/mol. The van der Waals surface area contributed by atoms with E-state index in [9.17, 15) is 9.59 Å². The van der Waals surface area contributed by atoms with Gasteiger partial charge in [0.15, 0.2) is 0 Å².